The third kappa shape index (κ3) is 5.58. The van der Waals surface area contributed by atoms with Crippen molar-refractivity contribution in [2.75, 3.05) is 58.5 Å². The van der Waals surface area contributed by atoms with E-state index in [1.807, 2.05) is 0 Å². The van der Waals surface area contributed by atoms with Gasteiger partial charge in [0.2, 0.25) is 15.9 Å². The summed E-state index contributed by atoms with van der Waals surface area (Å²) in [7, 11) is -0.0321. The first-order chi connectivity index (χ1) is 11.8. The number of anilines is 1. The molecule has 140 valence electrons. The molecule has 1 fully saturated rings. The number of carbonyl (C=O) groups is 1. The van der Waals surface area contributed by atoms with Crippen LogP contribution in [0, 0.1) is 0 Å². The van der Waals surface area contributed by atoms with Crippen LogP contribution in [0.3, 0.4) is 0 Å². The van der Waals surface area contributed by atoms with E-state index in [0.717, 1.165) is 0 Å². The molecule has 8 nitrogen and oxygen atoms in total. The fourth-order valence-electron chi connectivity index (χ4n) is 2.66. The summed E-state index contributed by atoms with van der Waals surface area (Å²) < 4.78 is 34.8. The monoisotopic (exact) mass is 371 g/mol. The Bertz CT molecular complexity index is 700. The maximum absolute atomic E-state index is 12.2. The standard InChI is InChI=1S/C16H25N3O5S/c1-23-13-4-5-14(15(12-13)24-2)17-16(20)6-7-18-8-10-19(11-9-18)25(3,21)22/h4-5,12H,6-11H2,1-3H3,(H,17,20). The lowest BCUT2D eigenvalue weighted by Gasteiger charge is -2.33. The van der Waals surface area contributed by atoms with Crippen molar-refractivity contribution in [1.29, 1.82) is 0 Å². The maximum Gasteiger partial charge on any atom is 0.225 e. The van der Waals surface area contributed by atoms with Crippen molar-refractivity contribution >= 4 is 21.6 Å². The molecule has 0 aliphatic carbocycles. The lowest BCUT2D eigenvalue weighted by molar-refractivity contribution is -0.116. The largest absolute Gasteiger partial charge is 0.497 e. The maximum atomic E-state index is 12.2. The van der Waals surface area contributed by atoms with E-state index in [9.17, 15) is 13.2 Å². The Morgan fingerprint density at radius 2 is 1.84 bits per heavy atom. The lowest BCUT2D eigenvalue weighted by Crippen LogP contribution is -2.48. The molecule has 1 N–H and O–H groups in total. The Labute approximate surface area is 148 Å². The van der Waals surface area contributed by atoms with Crippen LogP contribution in [-0.4, -0.2) is 76.7 Å². The fraction of sp³-hybridized carbons (Fsp3) is 0.562. The number of ether oxygens (including phenoxy) is 2. The van der Waals surface area contributed by atoms with Crippen LogP contribution in [-0.2, 0) is 14.8 Å². The zero-order valence-corrected chi connectivity index (χ0v) is 15.6. The summed E-state index contributed by atoms with van der Waals surface area (Å²) in [5.74, 6) is 1.07. The lowest BCUT2D eigenvalue weighted by atomic mass is 10.2. The number of sulfonamides is 1. The molecule has 1 aromatic rings. The molecule has 1 amide bonds. The highest BCUT2D eigenvalue weighted by Gasteiger charge is 2.23. The van der Waals surface area contributed by atoms with E-state index in [4.69, 9.17) is 9.47 Å². The van der Waals surface area contributed by atoms with E-state index in [2.05, 4.69) is 10.2 Å². The second-order valence-electron chi connectivity index (χ2n) is 5.87. The van der Waals surface area contributed by atoms with E-state index in [-0.39, 0.29) is 5.91 Å². The Morgan fingerprint density at radius 3 is 2.40 bits per heavy atom. The van der Waals surface area contributed by atoms with Gasteiger partial charge >= 0.3 is 0 Å². The quantitative estimate of drug-likeness (QED) is 0.756. The first-order valence-corrected chi connectivity index (χ1v) is 9.87. The molecule has 0 unspecified atom stereocenters. The summed E-state index contributed by atoms with van der Waals surface area (Å²) in [6.45, 7) is 2.78. The second kappa shape index (κ2) is 8.50. The molecule has 1 aliphatic heterocycles. The molecule has 1 saturated heterocycles. The summed E-state index contributed by atoms with van der Waals surface area (Å²) in [4.78, 5) is 14.3. The number of piperazine rings is 1. The first-order valence-electron chi connectivity index (χ1n) is 8.03. The summed E-state index contributed by atoms with van der Waals surface area (Å²) in [5.41, 5.74) is 0.593. The average molecular weight is 371 g/mol. The molecular weight excluding hydrogens is 346 g/mol. The molecule has 1 heterocycles. The van der Waals surface area contributed by atoms with Crippen LogP contribution >= 0.6 is 0 Å². The summed E-state index contributed by atoms with van der Waals surface area (Å²) in [6, 6.07) is 5.20. The van der Waals surface area contributed by atoms with Gasteiger partial charge in [-0.05, 0) is 12.1 Å². The zero-order chi connectivity index (χ0) is 18.4. The van der Waals surface area contributed by atoms with Gasteiger partial charge in [0.1, 0.15) is 11.5 Å². The van der Waals surface area contributed by atoms with Gasteiger partial charge in [-0.1, -0.05) is 0 Å². The third-order valence-electron chi connectivity index (χ3n) is 4.14. The number of rotatable bonds is 7. The van der Waals surface area contributed by atoms with E-state index in [0.29, 0.717) is 56.3 Å². The number of benzene rings is 1. The number of hydrogen-bond acceptors (Lipinski definition) is 6. The van der Waals surface area contributed by atoms with Gasteiger partial charge in [0, 0.05) is 45.2 Å². The van der Waals surface area contributed by atoms with Crippen LogP contribution in [0.5, 0.6) is 11.5 Å². The molecule has 1 aromatic carbocycles. The van der Waals surface area contributed by atoms with Gasteiger partial charge in [-0.15, -0.1) is 0 Å². The molecule has 1 aliphatic rings. The van der Waals surface area contributed by atoms with E-state index < -0.39 is 10.0 Å². The number of methoxy groups -OCH3 is 2. The highest BCUT2D eigenvalue weighted by atomic mass is 32.2. The Balaban J connectivity index is 1.82. The van der Waals surface area contributed by atoms with Crippen LogP contribution in [0.25, 0.3) is 0 Å². The van der Waals surface area contributed by atoms with Gasteiger partial charge in [0.15, 0.2) is 0 Å². The number of carbonyl (C=O) groups excluding carboxylic acids is 1. The first kappa shape index (κ1) is 19.5. The Hall–Kier alpha value is -1.84. The molecule has 0 aromatic heterocycles. The highest BCUT2D eigenvalue weighted by molar-refractivity contribution is 7.88. The summed E-state index contributed by atoms with van der Waals surface area (Å²) in [5, 5.41) is 2.83. The highest BCUT2D eigenvalue weighted by Crippen LogP contribution is 2.29. The molecule has 0 radical (unpaired) electrons. The number of nitrogens with one attached hydrogen (secondary N) is 1. The Morgan fingerprint density at radius 1 is 1.16 bits per heavy atom. The van der Waals surface area contributed by atoms with Crippen LogP contribution in [0.2, 0.25) is 0 Å². The van der Waals surface area contributed by atoms with Gasteiger partial charge in [0.25, 0.3) is 0 Å². The summed E-state index contributed by atoms with van der Waals surface area (Å²) in [6.07, 6.45) is 1.55. The topological polar surface area (TPSA) is 88.2 Å². The normalized spacial score (nSPS) is 16.4. The van der Waals surface area contributed by atoms with Crippen LogP contribution < -0.4 is 14.8 Å². The van der Waals surface area contributed by atoms with Crippen LogP contribution in [0.15, 0.2) is 18.2 Å². The third-order valence-corrected chi connectivity index (χ3v) is 5.44. The molecule has 25 heavy (non-hydrogen) atoms. The zero-order valence-electron chi connectivity index (χ0n) is 14.8. The van der Waals surface area contributed by atoms with Crippen molar-refractivity contribution in [3.05, 3.63) is 18.2 Å². The van der Waals surface area contributed by atoms with Gasteiger partial charge in [-0.3, -0.25) is 4.79 Å². The van der Waals surface area contributed by atoms with Crippen molar-refractivity contribution in [3.8, 4) is 11.5 Å². The molecule has 0 atom stereocenters. The second-order valence-corrected chi connectivity index (χ2v) is 7.85. The number of hydrogen-bond donors (Lipinski definition) is 1. The predicted octanol–water partition coefficient (Wildman–Crippen LogP) is 0.610. The average Bonchev–Trinajstić information content (AvgIpc) is 2.60. The van der Waals surface area contributed by atoms with Crippen molar-refractivity contribution in [2.24, 2.45) is 0 Å². The summed E-state index contributed by atoms with van der Waals surface area (Å²) >= 11 is 0. The van der Waals surface area contributed by atoms with Gasteiger partial charge in [-0.25, -0.2) is 8.42 Å². The number of nitrogens with zero attached hydrogens (tertiary/aromatic N) is 2. The number of amides is 1. The van der Waals surface area contributed by atoms with Crippen molar-refractivity contribution in [1.82, 2.24) is 9.21 Å². The molecule has 9 heteroatoms. The van der Waals surface area contributed by atoms with Crippen LogP contribution in [0.4, 0.5) is 5.69 Å². The SMILES string of the molecule is COc1ccc(NC(=O)CCN2CCN(S(C)(=O)=O)CC2)c(OC)c1. The minimum Gasteiger partial charge on any atom is -0.497 e. The van der Waals surface area contributed by atoms with Gasteiger partial charge < -0.3 is 19.7 Å². The van der Waals surface area contributed by atoms with Crippen molar-refractivity contribution < 1.29 is 22.7 Å². The minimum atomic E-state index is -3.13. The molecule has 2 rings (SSSR count). The van der Waals surface area contributed by atoms with E-state index in [1.54, 1.807) is 25.3 Å². The predicted molar refractivity (Wildman–Crippen MR) is 95.6 cm³/mol. The van der Waals surface area contributed by atoms with Crippen LogP contribution in [0.1, 0.15) is 6.42 Å². The van der Waals surface area contributed by atoms with Crippen molar-refractivity contribution in [3.63, 3.8) is 0 Å². The minimum absolute atomic E-state index is 0.117. The molecule has 0 bridgehead atoms. The molecule has 0 spiro atoms. The van der Waals surface area contributed by atoms with Gasteiger partial charge in [0.05, 0.1) is 26.2 Å². The van der Waals surface area contributed by atoms with E-state index in [1.165, 1.54) is 17.7 Å². The fourth-order valence-corrected chi connectivity index (χ4v) is 3.49. The van der Waals surface area contributed by atoms with E-state index >= 15 is 0 Å². The smallest absolute Gasteiger partial charge is 0.225 e. The molecule has 0 saturated carbocycles. The Kier molecular flexibility index (Phi) is 6.63. The van der Waals surface area contributed by atoms with Crippen molar-refractivity contribution in [2.45, 2.75) is 6.42 Å². The van der Waals surface area contributed by atoms with Gasteiger partial charge in [-0.2, -0.15) is 4.31 Å². The molecular formula is C16H25N3O5S.